The largest absolute Gasteiger partial charge is 0.423 e. The standard InChI is InChI=1S/C12H7NO3/c1-7-4-12(15)16-11-5-8(10(14)6-13)2-3-9(7)11/h2-5H,1H3. The second-order valence-corrected chi connectivity index (χ2v) is 3.40. The molecular weight excluding hydrogens is 206 g/mol. The topological polar surface area (TPSA) is 71.1 Å². The summed E-state index contributed by atoms with van der Waals surface area (Å²) in [6, 6.07) is 7.52. The summed E-state index contributed by atoms with van der Waals surface area (Å²) in [6.07, 6.45) is 0. The van der Waals surface area contributed by atoms with E-state index in [0.717, 1.165) is 10.9 Å². The van der Waals surface area contributed by atoms with Crippen molar-refractivity contribution in [2.75, 3.05) is 0 Å². The second kappa shape index (κ2) is 3.63. The Hall–Kier alpha value is -2.41. The van der Waals surface area contributed by atoms with E-state index in [1.807, 2.05) is 0 Å². The molecule has 0 aliphatic heterocycles. The normalized spacial score (nSPS) is 10.0. The number of nitriles is 1. The number of hydrogen-bond donors (Lipinski definition) is 0. The number of Topliss-reactive ketones (excluding diaryl/α,β-unsaturated/α-hetero) is 1. The average Bonchev–Trinajstić information content (AvgIpc) is 2.27. The summed E-state index contributed by atoms with van der Waals surface area (Å²) in [6.45, 7) is 1.78. The highest BCUT2D eigenvalue weighted by Crippen LogP contribution is 2.18. The third-order valence-electron chi connectivity index (χ3n) is 2.32. The molecule has 0 saturated carbocycles. The minimum atomic E-state index is -0.647. The Balaban J connectivity index is 2.77. The smallest absolute Gasteiger partial charge is 0.336 e. The molecule has 0 radical (unpaired) electrons. The highest BCUT2D eigenvalue weighted by Gasteiger charge is 2.08. The zero-order valence-electron chi connectivity index (χ0n) is 8.48. The molecule has 16 heavy (non-hydrogen) atoms. The highest BCUT2D eigenvalue weighted by atomic mass is 16.4. The predicted molar refractivity (Wildman–Crippen MR) is 57.2 cm³/mol. The number of fused-ring (bicyclic) bond motifs is 1. The molecule has 0 N–H and O–H groups in total. The van der Waals surface area contributed by atoms with Crippen LogP contribution < -0.4 is 5.63 Å². The van der Waals surface area contributed by atoms with Crippen LogP contribution >= 0.6 is 0 Å². The lowest BCUT2D eigenvalue weighted by molar-refractivity contribution is 0.105. The van der Waals surface area contributed by atoms with Crippen LogP contribution in [0.2, 0.25) is 0 Å². The van der Waals surface area contributed by atoms with Crippen LogP contribution in [0.3, 0.4) is 0 Å². The van der Waals surface area contributed by atoms with E-state index in [-0.39, 0.29) is 5.56 Å². The van der Waals surface area contributed by atoms with Crippen molar-refractivity contribution >= 4 is 16.8 Å². The number of carbonyl (C=O) groups excluding carboxylic acids is 1. The van der Waals surface area contributed by atoms with E-state index in [1.54, 1.807) is 19.1 Å². The number of ketones is 1. The lowest BCUT2D eigenvalue weighted by Gasteiger charge is -2.00. The van der Waals surface area contributed by atoms with E-state index < -0.39 is 11.4 Å². The quantitative estimate of drug-likeness (QED) is 0.411. The molecule has 0 fully saturated rings. The maximum atomic E-state index is 11.1. The van der Waals surface area contributed by atoms with Crippen molar-refractivity contribution in [2.45, 2.75) is 6.92 Å². The third kappa shape index (κ3) is 1.59. The van der Waals surface area contributed by atoms with Crippen LogP contribution in [0.4, 0.5) is 0 Å². The SMILES string of the molecule is Cc1cc(=O)oc2cc(C(=O)C#N)ccc12. The van der Waals surface area contributed by atoms with Crippen LogP contribution in [-0.2, 0) is 0 Å². The molecule has 1 aromatic heterocycles. The van der Waals surface area contributed by atoms with Gasteiger partial charge in [-0.2, -0.15) is 5.26 Å². The lowest BCUT2D eigenvalue weighted by Crippen LogP contribution is -2.00. The molecule has 0 amide bonds. The Morgan fingerprint density at radius 2 is 2.12 bits per heavy atom. The molecule has 1 aromatic carbocycles. The molecule has 0 unspecified atom stereocenters. The molecule has 4 nitrogen and oxygen atoms in total. The van der Waals surface area contributed by atoms with Gasteiger partial charge in [-0.15, -0.1) is 0 Å². The number of hydrogen-bond acceptors (Lipinski definition) is 4. The number of benzene rings is 1. The van der Waals surface area contributed by atoms with Crippen LogP contribution in [-0.4, -0.2) is 5.78 Å². The predicted octanol–water partition coefficient (Wildman–Crippen LogP) is 1.81. The van der Waals surface area contributed by atoms with E-state index in [0.29, 0.717) is 5.58 Å². The minimum Gasteiger partial charge on any atom is -0.423 e. The number of carbonyl (C=O) groups is 1. The van der Waals surface area contributed by atoms with Crippen molar-refractivity contribution in [2.24, 2.45) is 0 Å². The molecule has 0 atom stereocenters. The Morgan fingerprint density at radius 3 is 2.81 bits per heavy atom. The van der Waals surface area contributed by atoms with Crippen LogP contribution in [0.15, 0.2) is 33.5 Å². The molecular formula is C12H7NO3. The monoisotopic (exact) mass is 213 g/mol. The van der Waals surface area contributed by atoms with Gasteiger partial charge in [0.1, 0.15) is 11.7 Å². The highest BCUT2D eigenvalue weighted by molar-refractivity contribution is 6.09. The maximum Gasteiger partial charge on any atom is 0.336 e. The van der Waals surface area contributed by atoms with Gasteiger partial charge < -0.3 is 4.42 Å². The van der Waals surface area contributed by atoms with Crippen molar-refractivity contribution in [3.63, 3.8) is 0 Å². The zero-order valence-corrected chi connectivity index (χ0v) is 8.48. The number of aryl methyl sites for hydroxylation is 1. The molecule has 1 heterocycles. The molecule has 0 spiro atoms. The first kappa shape index (κ1) is 10.1. The number of nitrogens with zero attached hydrogens (tertiary/aromatic N) is 1. The molecule has 0 aliphatic carbocycles. The summed E-state index contributed by atoms with van der Waals surface area (Å²) in [5.74, 6) is -0.647. The van der Waals surface area contributed by atoms with Gasteiger partial charge in [0.05, 0.1) is 0 Å². The molecule has 2 aromatic rings. The lowest BCUT2D eigenvalue weighted by atomic mass is 10.1. The first-order valence-corrected chi connectivity index (χ1v) is 4.61. The van der Waals surface area contributed by atoms with E-state index in [4.69, 9.17) is 9.68 Å². The van der Waals surface area contributed by atoms with Crippen LogP contribution in [0.25, 0.3) is 11.0 Å². The second-order valence-electron chi connectivity index (χ2n) is 3.40. The fraction of sp³-hybridized carbons (Fsp3) is 0.0833. The summed E-state index contributed by atoms with van der Waals surface area (Å²) < 4.78 is 4.96. The van der Waals surface area contributed by atoms with E-state index >= 15 is 0 Å². The summed E-state index contributed by atoms with van der Waals surface area (Å²) in [4.78, 5) is 22.3. The first-order chi connectivity index (χ1) is 7.61. The molecule has 0 aliphatic rings. The summed E-state index contributed by atoms with van der Waals surface area (Å²) >= 11 is 0. The maximum absolute atomic E-state index is 11.1. The molecule has 2 rings (SSSR count). The van der Waals surface area contributed by atoms with Crippen LogP contribution in [0.5, 0.6) is 0 Å². The van der Waals surface area contributed by atoms with Crippen molar-refractivity contribution < 1.29 is 9.21 Å². The fourth-order valence-electron chi connectivity index (χ4n) is 1.53. The van der Waals surface area contributed by atoms with Crippen LogP contribution in [0, 0.1) is 18.3 Å². The minimum absolute atomic E-state index is 0.226. The summed E-state index contributed by atoms with van der Waals surface area (Å²) in [5.41, 5.74) is 0.864. The van der Waals surface area contributed by atoms with Gasteiger partial charge in [-0.05, 0) is 24.6 Å². The summed E-state index contributed by atoms with van der Waals surface area (Å²) in [5, 5.41) is 9.24. The van der Waals surface area contributed by atoms with E-state index in [2.05, 4.69) is 0 Å². The van der Waals surface area contributed by atoms with Gasteiger partial charge in [0.2, 0.25) is 0 Å². The number of rotatable bonds is 1. The molecule has 4 heteroatoms. The van der Waals surface area contributed by atoms with Crippen molar-refractivity contribution in [3.8, 4) is 6.07 Å². The van der Waals surface area contributed by atoms with Crippen molar-refractivity contribution in [1.82, 2.24) is 0 Å². The van der Waals surface area contributed by atoms with Gasteiger partial charge in [-0.3, -0.25) is 4.79 Å². The Labute approximate surface area is 90.7 Å². The van der Waals surface area contributed by atoms with Gasteiger partial charge in [0, 0.05) is 17.0 Å². The van der Waals surface area contributed by atoms with Gasteiger partial charge in [-0.1, -0.05) is 6.07 Å². The van der Waals surface area contributed by atoms with Gasteiger partial charge in [0.25, 0.3) is 5.78 Å². The van der Waals surface area contributed by atoms with Gasteiger partial charge in [-0.25, -0.2) is 4.79 Å². The third-order valence-corrected chi connectivity index (χ3v) is 2.32. The van der Waals surface area contributed by atoms with Gasteiger partial charge >= 0.3 is 5.63 Å². The van der Waals surface area contributed by atoms with Gasteiger partial charge in [0.15, 0.2) is 0 Å². The van der Waals surface area contributed by atoms with Crippen molar-refractivity contribution in [1.29, 1.82) is 5.26 Å². The van der Waals surface area contributed by atoms with Crippen LogP contribution in [0.1, 0.15) is 15.9 Å². The molecule has 0 saturated heterocycles. The Kier molecular flexibility index (Phi) is 2.29. The molecule has 78 valence electrons. The Bertz CT molecular complexity index is 677. The van der Waals surface area contributed by atoms with Crippen molar-refractivity contribution in [3.05, 3.63) is 45.8 Å². The fourth-order valence-corrected chi connectivity index (χ4v) is 1.53. The first-order valence-electron chi connectivity index (χ1n) is 4.61. The Morgan fingerprint density at radius 1 is 1.38 bits per heavy atom. The summed E-state index contributed by atoms with van der Waals surface area (Å²) in [7, 11) is 0. The average molecular weight is 213 g/mol. The zero-order chi connectivity index (χ0) is 11.7. The van der Waals surface area contributed by atoms with E-state index in [1.165, 1.54) is 18.2 Å². The molecule has 0 bridgehead atoms. The van der Waals surface area contributed by atoms with E-state index in [9.17, 15) is 9.59 Å².